The van der Waals surface area contributed by atoms with Gasteiger partial charge in [0.15, 0.2) is 5.65 Å². The predicted molar refractivity (Wildman–Crippen MR) is 93.0 cm³/mol. The summed E-state index contributed by atoms with van der Waals surface area (Å²) in [5, 5.41) is 4.28. The SMILES string of the molecule is Cc1c(N2CCN(c3ccccc3)CC2)ccc2nc(N)nn12. The first kappa shape index (κ1) is 13.9. The van der Waals surface area contributed by atoms with Crippen LogP contribution in [0.1, 0.15) is 5.69 Å². The molecule has 1 fully saturated rings. The maximum atomic E-state index is 5.71. The van der Waals surface area contributed by atoms with E-state index in [2.05, 4.69) is 63.2 Å². The number of piperazine rings is 1. The van der Waals surface area contributed by atoms with E-state index in [4.69, 9.17) is 5.73 Å². The number of rotatable bonds is 2. The molecular weight excluding hydrogens is 288 g/mol. The number of nitrogen functional groups attached to an aromatic ring is 1. The van der Waals surface area contributed by atoms with Gasteiger partial charge in [-0.2, -0.15) is 4.98 Å². The summed E-state index contributed by atoms with van der Waals surface area (Å²) in [6, 6.07) is 14.7. The number of fused-ring (bicyclic) bond motifs is 1. The number of hydrogen-bond donors (Lipinski definition) is 1. The maximum absolute atomic E-state index is 5.71. The first-order valence-electron chi connectivity index (χ1n) is 7.89. The predicted octanol–water partition coefficient (Wildman–Crippen LogP) is 1.95. The van der Waals surface area contributed by atoms with Gasteiger partial charge in [-0.1, -0.05) is 18.2 Å². The van der Waals surface area contributed by atoms with Gasteiger partial charge in [0.25, 0.3) is 0 Å². The van der Waals surface area contributed by atoms with Crippen LogP contribution in [0.25, 0.3) is 5.65 Å². The number of hydrogen-bond acceptors (Lipinski definition) is 5. The van der Waals surface area contributed by atoms with Crippen molar-refractivity contribution in [1.82, 2.24) is 14.6 Å². The molecule has 0 amide bonds. The van der Waals surface area contributed by atoms with E-state index < -0.39 is 0 Å². The highest BCUT2D eigenvalue weighted by atomic mass is 15.3. The molecule has 0 unspecified atom stereocenters. The molecule has 0 aliphatic carbocycles. The normalized spacial score (nSPS) is 15.3. The van der Waals surface area contributed by atoms with E-state index in [1.165, 1.54) is 11.4 Å². The van der Waals surface area contributed by atoms with Crippen LogP contribution >= 0.6 is 0 Å². The van der Waals surface area contributed by atoms with Crippen molar-refractivity contribution in [3.63, 3.8) is 0 Å². The molecule has 1 saturated heterocycles. The lowest BCUT2D eigenvalue weighted by atomic mass is 10.2. The molecule has 0 saturated carbocycles. The Balaban J connectivity index is 1.55. The number of para-hydroxylation sites is 1. The van der Waals surface area contributed by atoms with Crippen LogP contribution in [0.15, 0.2) is 42.5 Å². The molecule has 23 heavy (non-hydrogen) atoms. The number of nitrogens with zero attached hydrogens (tertiary/aromatic N) is 5. The van der Waals surface area contributed by atoms with Crippen LogP contribution in [0.5, 0.6) is 0 Å². The zero-order chi connectivity index (χ0) is 15.8. The number of anilines is 3. The Morgan fingerprint density at radius 3 is 2.35 bits per heavy atom. The highest BCUT2D eigenvalue weighted by molar-refractivity contribution is 5.59. The summed E-state index contributed by atoms with van der Waals surface area (Å²) in [6.07, 6.45) is 0. The molecule has 3 heterocycles. The van der Waals surface area contributed by atoms with Crippen molar-refractivity contribution in [2.24, 2.45) is 0 Å². The topological polar surface area (TPSA) is 62.7 Å². The Hall–Kier alpha value is -2.76. The van der Waals surface area contributed by atoms with E-state index in [9.17, 15) is 0 Å². The molecule has 0 atom stereocenters. The molecule has 1 aliphatic rings. The highest BCUT2D eigenvalue weighted by Gasteiger charge is 2.20. The molecule has 3 aromatic rings. The van der Waals surface area contributed by atoms with Crippen molar-refractivity contribution in [1.29, 1.82) is 0 Å². The van der Waals surface area contributed by atoms with Crippen molar-refractivity contribution < 1.29 is 0 Å². The number of pyridine rings is 1. The minimum atomic E-state index is 0.319. The summed E-state index contributed by atoms with van der Waals surface area (Å²) in [4.78, 5) is 9.05. The van der Waals surface area contributed by atoms with Crippen LogP contribution in [0.3, 0.4) is 0 Å². The second-order valence-corrected chi connectivity index (χ2v) is 5.85. The Morgan fingerprint density at radius 1 is 0.913 bits per heavy atom. The fourth-order valence-corrected chi connectivity index (χ4v) is 3.26. The first-order chi connectivity index (χ1) is 11.2. The Bertz CT molecular complexity index is 818. The molecule has 1 aliphatic heterocycles. The lowest BCUT2D eigenvalue weighted by Crippen LogP contribution is -2.46. The molecule has 4 rings (SSSR count). The van der Waals surface area contributed by atoms with E-state index in [0.29, 0.717) is 5.95 Å². The van der Waals surface area contributed by atoms with Gasteiger partial charge >= 0.3 is 0 Å². The first-order valence-corrected chi connectivity index (χ1v) is 7.89. The van der Waals surface area contributed by atoms with E-state index in [0.717, 1.165) is 37.5 Å². The highest BCUT2D eigenvalue weighted by Crippen LogP contribution is 2.24. The van der Waals surface area contributed by atoms with Gasteiger partial charge in [-0.05, 0) is 31.2 Å². The van der Waals surface area contributed by atoms with Gasteiger partial charge in [-0.3, -0.25) is 0 Å². The third-order valence-corrected chi connectivity index (χ3v) is 4.47. The second kappa shape index (κ2) is 5.46. The molecule has 1 aromatic carbocycles. The zero-order valence-electron chi connectivity index (χ0n) is 13.2. The van der Waals surface area contributed by atoms with Crippen LogP contribution in [0.4, 0.5) is 17.3 Å². The van der Waals surface area contributed by atoms with E-state index in [1.54, 1.807) is 0 Å². The van der Waals surface area contributed by atoms with Crippen LogP contribution in [-0.2, 0) is 0 Å². The van der Waals surface area contributed by atoms with E-state index >= 15 is 0 Å². The van der Waals surface area contributed by atoms with Crippen molar-refractivity contribution in [2.45, 2.75) is 6.92 Å². The van der Waals surface area contributed by atoms with Gasteiger partial charge in [0.05, 0.1) is 11.4 Å². The third kappa shape index (κ3) is 2.46. The standard InChI is InChI=1S/C17H20N6/c1-13-15(7-8-16-19-17(18)20-23(13)16)22-11-9-21(10-12-22)14-5-3-2-4-6-14/h2-8H,9-12H2,1H3,(H2,18,20). The second-order valence-electron chi connectivity index (χ2n) is 5.85. The molecule has 2 N–H and O–H groups in total. The Morgan fingerprint density at radius 2 is 1.61 bits per heavy atom. The summed E-state index contributed by atoms with van der Waals surface area (Å²) in [7, 11) is 0. The molecule has 0 radical (unpaired) electrons. The van der Waals surface area contributed by atoms with Gasteiger partial charge in [-0.25, -0.2) is 4.52 Å². The number of benzene rings is 1. The van der Waals surface area contributed by atoms with Gasteiger partial charge in [0, 0.05) is 31.9 Å². The Kier molecular flexibility index (Phi) is 3.29. The van der Waals surface area contributed by atoms with Crippen LogP contribution < -0.4 is 15.5 Å². The quantitative estimate of drug-likeness (QED) is 0.784. The summed E-state index contributed by atoms with van der Waals surface area (Å²) >= 11 is 0. The number of aryl methyl sites for hydroxylation is 1. The molecule has 6 heteroatoms. The minimum absolute atomic E-state index is 0.319. The van der Waals surface area contributed by atoms with Crippen LogP contribution in [0.2, 0.25) is 0 Å². The fraction of sp³-hybridized carbons (Fsp3) is 0.294. The molecule has 0 spiro atoms. The average molecular weight is 308 g/mol. The van der Waals surface area contributed by atoms with Gasteiger partial charge < -0.3 is 15.5 Å². The van der Waals surface area contributed by atoms with E-state index in [-0.39, 0.29) is 0 Å². The average Bonchev–Trinajstić information content (AvgIpc) is 2.98. The molecule has 2 aromatic heterocycles. The molecular formula is C17H20N6. The lowest BCUT2D eigenvalue weighted by Gasteiger charge is -2.37. The van der Waals surface area contributed by atoms with Crippen LogP contribution in [-0.4, -0.2) is 40.8 Å². The number of nitrogens with two attached hydrogens (primary N) is 1. The summed E-state index contributed by atoms with van der Waals surface area (Å²) in [5.74, 6) is 0.319. The Labute approximate surface area is 135 Å². The minimum Gasteiger partial charge on any atom is -0.368 e. The largest absolute Gasteiger partial charge is 0.368 e. The smallest absolute Gasteiger partial charge is 0.240 e. The maximum Gasteiger partial charge on any atom is 0.240 e. The summed E-state index contributed by atoms with van der Waals surface area (Å²) < 4.78 is 1.83. The monoisotopic (exact) mass is 308 g/mol. The van der Waals surface area contributed by atoms with Crippen molar-refractivity contribution in [3.05, 3.63) is 48.2 Å². The van der Waals surface area contributed by atoms with Gasteiger partial charge in [-0.15, -0.1) is 5.10 Å². The lowest BCUT2D eigenvalue weighted by molar-refractivity contribution is 0.649. The fourth-order valence-electron chi connectivity index (χ4n) is 3.26. The van der Waals surface area contributed by atoms with Crippen molar-refractivity contribution in [2.75, 3.05) is 41.7 Å². The molecule has 6 nitrogen and oxygen atoms in total. The van der Waals surface area contributed by atoms with Gasteiger partial charge in [0.2, 0.25) is 5.95 Å². The summed E-state index contributed by atoms with van der Waals surface area (Å²) in [6.45, 7) is 6.08. The number of aromatic nitrogens is 3. The zero-order valence-corrected chi connectivity index (χ0v) is 13.2. The van der Waals surface area contributed by atoms with E-state index in [1.807, 2.05) is 10.6 Å². The molecule has 118 valence electrons. The van der Waals surface area contributed by atoms with Crippen molar-refractivity contribution >= 4 is 23.0 Å². The van der Waals surface area contributed by atoms with Crippen LogP contribution in [0, 0.1) is 6.92 Å². The summed E-state index contributed by atoms with van der Waals surface area (Å²) in [5.41, 5.74) is 10.1. The molecule has 0 bridgehead atoms. The third-order valence-electron chi connectivity index (χ3n) is 4.47. The van der Waals surface area contributed by atoms with Gasteiger partial charge in [0.1, 0.15) is 0 Å². The van der Waals surface area contributed by atoms with Crippen molar-refractivity contribution in [3.8, 4) is 0 Å².